The van der Waals surface area contributed by atoms with Gasteiger partial charge in [0.25, 0.3) is 0 Å². The Morgan fingerprint density at radius 3 is 2.66 bits per heavy atom. The SMILES string of the molecule is Cc1cccc(-c2nccc(Nc3ccnc(Cc4ccc(C(=O)O[C@@H]5CCNC5)nc4)n3)n2)n1. The molecular weight excluding hydrogens is 444 g/mol. The van der Waals surface area contributed by atoms with Gasteiger partial charge in [-0.3, -0.25) is 0 Å². The van der Waals surface area contributed by atoms with E-state index in [0.29, 0.717) is 47.6 Å². The van der Waals surface area contributed by atoms with Gasteiger partial charge in [0.15, 0.2) is 5.82 Å². The molecule has 1 saturated heterocycles. The van der Waals surface area contributed by atoms with Gasteiger partial charge in [0.05, 0.1) is 0 Å². The molecule has 2 N–H and O–H groups in total. The molecule has 5 heterocycles. The summed E-state index contributed by atoms with van der Waals surface area (Å²) < 4.78 is 5.46. The van der Waals surface area contributed by atoms with Crippen LogP contribution < -0.4 is 10.6 Å². The zero-order chi connectivity index (χ0) is 24.0. The average molecular weight is 469 g/mol. The lowest BCUT2D eigenvalue weighted by Gasteiger charge is -2.10. The molecule has 1 atom stereocenters. The van der Waals surface area contributed by atoms with Crippen LogP contribution in [0.1, 0.15) is 34.0 Å². The molecule has 0 aromatic carbocycles. The average Bonchev–Trinajstić information content (AvgIpc) is 3.38. The Balaban J connectivity index is 1.24. The van der Waals surface area contributed by atoms with Gasteiger partial charge in [0.2, 0.25) is 0 Å². The fraction of sp³-hybridized carbons (Fsp3) is 0.240. The van der Waals surface area contributed by atoms with Crippen LogP contribution in [-0.2, 0) is 11.2 Å². The number of esters is 1. The highest BCUT2D eigenvalue weighted by Crippen LogP contribution is 2.17. The highest BCUT2D eigenvalue weighted by molar-refractivity contribution is 5.87. The summed E-state index contributed by atoms with van der Waals surface area (Å²) in [5, 5.41) is 6.37. The molecule has 0 spiro atoms. The number of pyridine rings is 2. The van der Waals surface area contributed by atoms with Gasteiger partial charge >= 0.3 is 5.97 Å². The third kappa shape index (κ3) is 5.79. The Bertz CT molecular complexity index is 1320. The number of hydrogen-bond donors (Lipinski definition) is 2. The van der Waals surface area contributed by atoms with Gasteiger partial charge in [-0.15, -0.1) is 0 Å². The Hall–Kier alpha value is -4.31. The summed E-state index contributed by atoms with van der Waals surface area (Å²) in [5.74, 6) is 1.94. The van der Waals surface area contributed by atoms with E-state index >= 15 is 0 Å². The van der Waals surface area contributed by atoms with Crippen molar-refractivity contribution in [2.45, 2.75) is 25.9 Å². The third-order valence-electron chi connectivity index (χ3n) is 5.42. The van der Waals surface area contributed by atoms with E-state index in [0.717, 1.165) is 24.2 Å². The second-order valence-electron chi connectivity index (χ2n) is 8.16. The van der Waals surface area contributed by atoms with Gasteiger partial charge in [-0.1, -0.05) is 12.1 Å². The molecule has 0 unspecified atom stereocenters. The zero-order valence-corrected chi connectivity index (χ0v) is 19.2. The zero-order valence-electron chi connectivity index (χ0n) is 19.2. The Kier molecular flexibility index (Phi) is 6.62. The summed E-state index contributed by atoms with van der Waals surface area (Å²) in [5.41, 5.74) is 2.78. The molecule has 4 aromatic rings. The van der Waals surface area contributed by atoms with Crippen molar-refractivity contribution in [3.05, 3.63) is 83.8 Å². The van der Waals surface area contributed by atoms with Crippen molar-refractivity contribution in [1.82, 2.24) is 35.2 Å². The van der Waals surface area contributed by atoms with Crippen LogP contribution in [0.5, 0.6) is 0 Å². The van der Waals surface area contributed by atoms with Crippen LogP contribution >= 0.6 is 0 Å². The van der Waals surface area contributed by atoms with E-state index in [9.17, 15) is 4.79 Å². The predicted octanol–water partition coefficient (Wildman–Crippen LogP) is 2.89. The summed E-state index contributed by atoms with van der Waals surface area (Å²) in [4.78, 5) is 38.8. The smallest absolute Gasteiger partial charge is 0.357 e. The first-order chi connectivity index (χ1) is 17.1. The molecule has 1 aliphatic rings. The van der Waals surface area contributed by atoms with Crippen LogP contribution in [0.4, 0.5) is 11.6 Å². The normalized spacial score (nSPS) is 15.1. The lowest BCUT2D eigenvalue weighted by molar-refractivity contribution is 0.0337. The molecule has 0 saturated carbocycles. The first kappa shape index (κ1) is 22.5. The molecule has 35 heavy (non-hydrogen) atoms. The number of hydrogen-bond acceptors (Lipinski definition) is 10. The molecule has 10 heteroatoms. The number of anilines is 2. The minimum Gasteiger partial charge on any atom is -0.456 e. The molecule has 0 radical (unpaired) electrons. The first-order valence-corrected chi connectivity index (χ1v) is 11.3. The first-order valence-electron chi connectivity index (χ1n) is 11.3. The van der Waals surface area contributed by atoms with Crippen molar-refractivity contribution in [3.8, 4) is 11.5 Å². The van der Waals surface area contributed by atoms with E-state index in [1.807, 2.05) is 31.2 Å². The van der Waals surface area contributed by atoms with E-state index in [4.69, 9.17) is 4.74 Å². The van der Waals surface area contributed by atoms with E-state index < -0.39 is 5.97 Å². The van der Waals surface area contributed by atoms with Gasteiger partial charge in [-0.2, -0.15) is 0 Å². The largest absolute Gasteiger partial charge is 0.456 e. The Labute approximate surface area is 202 Å². The van der Waals surface area contributed by atoms with Crippen molar-refractivity contribution < 1.29 is 9.53 Å². The van der Waals surface area contributed by atoms with Gasteiger partial charge in [-0.05, 0) is 55.8 Å². The minimum absolute atomic E-state index is 0.0911. The maximum atomic E-state index is 12.3. The van der Waals surface area contributed by atoms with Crippen LogP contribution in [0.3, 0.4) is 0 Å². The standard InChI is InChI=1S/C25H24N8O2/c1-16-3-2-4-19(30-16)24-28-12-9-22(33-24)31-21-8-11-27-23(32-21)13-17-5-6-20(29-14-17)25(34)35-18-7-10-26-15-18/h2-6,8-9,11-12,14,18,26H,7,10,13,15H2,1H3,(H,27,28,31,32,33)/t18-/m1/s1. The highest BCUT2D eigenvalue weighted by atomic mass is 16.5. The van der Waals surface area contributed by atoms with E-state index in [2.05, 4.69) is 40.5 Å². The molecule has 176 valence electrons. The van der Waals surface area contributed by atoms with Gasteiger partial charge in [-0.25, -0.2) is 34.7 Å². The number of rotatable bonds is 7. The van der Waals surface area contributed by atoms with Crippen molar-refractivity contribution in [2.24, 2.45) is 0 Å². The highest BCUT2D eigenvalue weighted by Gasteiger charge is 2.20. The van der Waals surface area contributed by atoms with Crippen LogP contribution in [0, 0.1) is 6.92 Å². The topological polar surface area (TPSA) is 128 Å². The maximum Gasteiger partial charge on any atom is 0.357 e. The Morgan fingerprint density at radius 2 is 1.89 bits per heavy atom. The number of nitrogens with one attached hydrogen (secondary N) is 2. The second kappa shape index (κ2) is 10.3. The number of ether oxygens (including phenoxy) is 1. The summed E-state index contributed by atoms with van der Waals surface area (Å²) in [7, 11) is 0. The number of carbonyl (C=O) groups is 1. The predicted molar refractivity (Wildman–Crippen MR) is 129 cm³/mol. The summed E-state index contributed by atoms with van der Waals surface area (Å²) in [6, 6.07) is 12.8. The summed E-state index contributed by atoms with van der Waals surface area (Å²) in [6.07, 6.45) is 6.21. The van der Waals surface area contributed by atoms with Gasteiger partial charge in [0.1, 0.15) is 35.0 Å². The monoisotopic (exact) mass is 468 g/mol. The van der Waals surface area contributed by atoms with Crippen LogP contribution in [0.25, 0.3) is 11.5 Å². The molecule has 10 nitrogen and oxygen atoms in total. The van der Waals surface area contributed by atoms with Gasteiger partial charge in [0, 0.05) is 37.3 Å². The lowest BCUT2D eigenvalue weighted by Crippen LogP contribution is -2.21. The quantitative estimate of drug-likeness (QED) is 0.391. The molecule has 5 rings (SSSR count). The van der Waals surface area contributed by atoms with Crippen LogP contribution in [-0.4, -0.2) is 55.1 Å². The maximum absolute atomic E-state index is 12.3. The summed E-state index contributed by atoms with van der Waals surface area (Å²) >= 11 is 0. The van der Waals surface area contributed by atoms with Crippen molar-refractivity contribution >= 4 is 17.6 Å². The minimum atomic E-state index is -0.405. The van der Waals surface area contributed by atoms with Crippen molar-refractivity contribution in [3.63, 3.8) is 0 Å². The molecule has 4 aromatic heterocycles. The fourth-order valence-corrected chi connectivity index (χ4v) is 3.68. The molecule has 0 bridgehead atoms. The molecular formula is C25H24N8O2. The summed E-state index contributed by atoms with van der Waals surface area (Å²) in [6.45, 7) is 3.47. The van der Waals surface area contributed by atoms with E-state index in [1.165, 1.54) is 0 Å². The third-order valence-corrected chi connectivity index (χ3v) is 5.42. The Morgan fingerprint density at radius 1 is 1.03 bits per heavy atom. The van der Waals surface area contributed by atoms with Crippen LogP contribution in [0.15, 0.2) is 61.1 Å². The number of aromatic nitrogens is 6. The molecule has 1 aliphatic heterocycles. The second-order valence-corrected chi connectivity index (χ2v) is 8.16. The lowest BCUT2D eigenvalue weighted by atomic mass is 10.2. The molecule has 0 aliphatic carbocycles. The number of aryl methyl sites for hydroxylation is 1. The fourth-order valence-electron chi connectivity index (χ4n) is 3.68. The number of nitrogens with zero attached hydrogens (tertiary/aromatic N) is 6. The van der Waals surface area contributed by atoms with E-state index in [1.54, 1.807) is 36.8 Å². The molecule has 0 amide bonds. The van der Waals surface area contributed by atoms with E-state index in [-0.39, 0.29) is 6.10 Å². The molecule has 1 fully saturated rings. The van der Waals surface area contributed by atoms with Crippen molar-refractivity contribution in [2.75, 3.05) is 18.4 Å². The number of carbonyl (C=O) groups excluding carboxylic acids is 1. The van der Waals surface area contributed by atoms with Crippen LogP contribution in [0.2, 0.25) is 0 Å². The van der Waals surface area contributed by atoms with Gasteiger partial charge < -0.3 is 15.4 Å². The van der Waals surface area contributed by atoms with Crippen molar-refractivity contribution in [1.29, 1.82) is 0 Å².